The lowest BCUT2D eigenvalue weighted by atomic mass is 10.0. The van der Waals surface area contributed by atoms with Crippen LogP contribution in [0.3, 0.4) is 0 Å². The molecule has 0 aliphatic carbocycles. The van der Waals surface area contributed by atoms with Crippen LogP contribution in [-0.2, 0) is 0 Å². The number of rotatable bonds is 7. The molecular weight excluding hydrogens is 530 g/mol. The number of methoxy groups -OCH3 is 1. The molecule has 39 heavy (non-hydrogen) atoms. The summed E-state index contributed by atoms with van der Waals surface area (Å²) in [6, 6.07) is 28.7. The Morgan fingerprint density at radius 1 is 0.846 bits per heavy atom. The maximum Gasteiger partial charge on any atom is 0.174 e. The van der Waals surface area contributed by atoms with E-state index in [1.165, 1.54) is 0 Å². The number of nitrogens with one attached hydrogen (secondary N) is 1. The molecule has 1 N–H and O–H groups in total. The van der Waals surface area contributed by atoms with Crippen molar-refractivity contribution in [3.05, 3.63) is 126 Å². The second kappa shape index (κ2) is 10.8. The molecule has 2 unspecified atom stereocenters. The van der Waals surface area contributed by atoms with Crippen molar-refractivity contribution < 1.29 is 9.47 Å². The second-order valence-electron chi connectivity index (χ2n) is 8.91. The van der Waals surface area contributed by atoms with Crippen LogP contribution in [0, 0.1) is 0 Å². The molecule has 6 rings (SSSR count). The third-order valence-electron chi connectivity index (χ3n) is 6.55. The summed E-state index contributed by atoms with van der Waals surface area (Å²) in [4.78, 5) is 11.3. The van der Waals surface area contributed by atoms with Gasteiger partial charge in [0.1, 0.15) is 29.1 Å². The zero-order valence-electron chi connectivity index (χ0n) is 20.9. The van der Waals surface area contributed by atoms with Crippen molar-refractivity contribution >= 4 is 34.6 Å². The highest BCUT2D eigenvalue weighted by molar-refractivity contribution is 7.80. The molecule has 5 aromatic rings. The molecule has 0 spiro atoms. The summed E-state index contributed by atoms with van der Waals surface area (Å²) in [5.41, 5.74) is 2.82. The summed E-state index contributed by atoms with van der Waals surface area (Å²) in [7, 11) is 1.64. The number of hydrogen-bond acceptors (Lipinski definition) is 5. The summed E-state index contributed by atoms with van der Waals surface area (Å²) in [6.07, 6.45) is 5.44. The highest BCUT2D eigenvalue weighted by atomic mass is 35.5. The second-order valence-corrected chi connectivity index (χ2v) is 9.73. The first-order chi connectivity index (χ1) is 19.1. The summed E-state index contributed by atoms with van der Waals surface area (Å²) < 4.78 is 13.3. The van der Waals surface area contributed by atoms with Gasteiger partial charge in [-0.15, -0.1) is 0 Å². The maximum atomic E-state index is 6.11. The van der Waals surface area contributed by atoms with Crippen molar-refractivity contribution in [2.45, 2.75) is 12.1 Å². The Balaban J connectivity index is 1.36. The van der Waals surface area contributed by atoms with E-state index in [1.807, 2.05) is 91.1 Å². The Morgan fingerprint density at radius 3 is 2.26 bits per heavy atom. The third kappa shape index (κ3) is 5.04. The minimum absolute atomic E-state index is 0.185. The van der Waals surface area contributed by atoms with E-state index in [9.17, 15) is 0 Å². The molecule has 1 aliphatic rings. The van der Waals surface area contributed by atoms with Crippen LogP contribution >= 0.6 is 23.8 Å². The zero-order valence-corrected chi connectivity index (χ0v) is 22.5. The third-order valence-corrected chi connectivity index (χ3v) is 7.09. The van der Waals surface area contributed by atoms with Crippen molar-refractivity contribution in [1.29, 1.82) is 0 Å². The number of pyridine rings is 2. The Kier molecular flexibility index (Phi) is 6.87. The van der Waals surface area contributed by atoms with E-state index < -0.39 is 0 Å². The zero-order chi connectivity index (χ0) is 26.8. The van der Waals surface area contributed by atoms with Gasteiger partial charge in [-0.25, -0.2) is 4.98 Å². The predicted octanol–water partition coefficient (Wildman–Crippen LogP) is 6.90. The lowest BCUT2D eigenvalue weighted by Crippen LogP contribution is -2.30. The summed E-state index contributed by atoms with van der Waals surface area (Å²) in [5.74, 6) is 2.98. The van der Waals surface area contributed by atoms with Crippen LogP contribution in [-0.4, -0.2) is 26.8 Å². The molecule has 7 nitrogen and oxygen atoms in total. The fourth-order valence-corrected chi connectivity index (χ4v) is 5.20. The van der Waals surface area contributed by atoms with E-state index in [0.717, 1.165) is 34.4 Å². The molecule has 194 valence electrons. The molecule has 0 amide bonds. The van der Waals surface area contributed by atoms with Gasteiger partial charge in [-0.2, -0.15) is 0 Å². The number of benzene rings is 2. The molecule has 0 radical (unpaired) electrons. The van der Waals surface area contributed by atoms with Crippen molar-refractivity contribution in [1.82, 2.24) is 19.9 Å². The number of aromatic nitrogens is 3. The Morgan fingerprint density at radius 2 is 1.59 bits per heavy atom. The number of hydrogen-bond donors (Lipinski definition) is 1. The highest BCUT2D eigenvalue weighted by Gasteiger charge is 2.42. The van der Waals surface area contributed by atoms with E-state index >= 15 is 0 Å². The van der Waals surface area contributed by atoms with E-state index in [4.69, 9.17) is 33.3 Å². The van der Waals surface area contributed by atoms with Crippen LogP contribution in [0.15, 0.2) is 110 Å². The number of nitrogens with zero attached hydrogens (tertiary/aromatic N) is 4. The van der Waals surface area contributed by atoms with Crippen LogP contribution in [0.5, 0.6) is 17.2 Å². The summed E-state index contributed by atoms with van der Waals surface area (Å²) in [5, 5.41) is 4.70. The number of halogens is 1. The van der Waals surface area contributed by atoms with Gasteiger partial charge in [0, 0.05) is 30.0 Å². The normalized spacial score (nSPS) is 16.7. The first-order valence-corrected chi connectivity index (χ1v) is 13.1. The summed E-state index contributed by atoms with van der Waals surface area (Å²) >= 11 is 12.0. The fourth-order valence-electron chi connectivity index (χ4n) is 4.74. The van der Waals surface area contributed by atoms with Crippen LogP contribution < -0.4 is 19.7 Å². The van der Waals surface area contributed by atoms with E-state index in [2.05, 4.69) is 30.8 Å². The van der Waals surface area contributed by atoms with E-state index in [0.29, 0.717) is 15.9 Å². The first kappa shape index (κ1) is 24.9. The number of ether oxygens (including phenoxy) is 2. The molecule has 4 heterocycles. The fraction of sp³-hybridized carbons (Fsp3) is 0.100. The van der Waals surface area contributed by atoms with Crippen molar-refractivity contribution in [3.8, 4) is 23.1 Å². The molecule has 2 atom stereocenters. The lowest BCUT2D eigenvalue weighted by molar-refractivity contribution is 0.413. The molecule has 0 bridgehead atoms. The average Bonchev–Trinajstić information content (AvgIpc) is 3.59. The Bertz CT molecular complexity index is 1580. The van der Waals surface area contributed by atoms with Gasteiger partial charge in [-0.1, -0.05) is 17.7 Å². The largest absolute Gasteiger partial charge is 0.497 e. The molecule has 3 aromatic heterocycles. The van der Waals surface area contributed by atoms with Crippen molar-refractivity contribution in [3.63, 3.8) is 0 Å². The Labute approximate surface area is 236 Å². The van der Waals surface area contributed by atoms with Crippen LogP contribution in [0.25, 0.3) is 5.82 Å². The van der Waals surface area contributed by atoms with Gasteiger partial charge in [-0.3, -0.25) is 4.98 Å². The minimum Gasteiger partial charge on any atom is -0.497 e. The maximum absolute atomic E-state index is 6.11. The van der Waals surface area contributed by atoms with Gasteiger partial charge in [0.2, 0.25) is 0 Å². The van der Waals surface area contributed by atoms with E-state index in [1.54, 1.807) is 19.5 Å². The van der Waals surface area contributed by atoms with Crippen molar-refractivity contribution in [2.75, 3.05) is 12.0 Å². The van der Waals surface area contributed by atoms with Crippen molar-refractivity contribution in [2.24, 2.45) is 0 Å². The number of thiocarbonyl (C=S) groups is 1. The topological polar surface area (TPSA) is 64.4 Å². The molecule has 1 saturated heterocycles. The molecule has 1 fully saturated rings. The van der Waals surface area contributed by atoms with Gasteiger partial charge in [0.25, 0.3) is 0 Å². The SMILES string of the molecule is COc1ccc(Oc2ccc(N3C(=S)NC(c4ccccn4)C3c3cccn3-c3ccc(Cl)cn3)cc2)cc1. The quantitative estimate of drug-likeness (QED) is 0.220. The standard InChI is InChI=1S/C30H24ClN5O2S/c1-37-22-12-14-24(15-13-22)38-23-10-8-21(9-11-23)36-29(28(34-30(36)39)25-5-2-3-17-32-25)26-6-4-18-35(26)27-16-7-20(31)19-33-27/h2-19,28-29H,1H3,(H,34,39). The van der Waals surface area contributed by atoms with Gasteiger partial charge >= 0.3 is 0 Å². The van der Waals surface area contributed by atoms with Gasteiger partial charge in [0.05, 0.1) is 23.9 Å². The monoisotopic (exact) mass is 553 g/mol. The van der Waals surface area contributed by atoms with Crippen LogP contribution in [0.2, 0.25) is 5.02 Å². The average molecular weight is 554 g/mol. The molecule has 0 saturated carbocycles. The molecule has 1 aliphatic heterocycles. The first-order valence-electron chi connectivity index (χ1n) is 12.3. The van der Waals surface area contributed by atoms with Crippen LogP contribution in [0.4, 0.5) is 5.69 Å². The van der Waals surface area contributed by atoms with E-state index in [-0.39, 0.29) is 12.1 Å². The number of anilines is 1. The van der Waals surface area contributed by atoms with Gasteiger partial charge in [-0.05, 0) is 97.1 Å². The summed E-state index contributed by atoms with van der Waals surface area (Å²) in [6.45, 7) is 0. The highest BCUT2D eigenvalue weighted by Crippen LogP contribution is 2.42. The molecule has 2 aromatic carbocycles. The van der Waals surface area contributed by atoms with Gasteiger partial charge < -0.3 is 24.3 Å². The molecule has 9 heteroatoms. The molecular formula is C30H24ClN5O2S. The lowest BCUT2D eigenvalue weighted by Gasteiger charge is -2.29. The van der Waals surface area contributed by atoms with Gasteiger partial charge in [0.15, 0.2) is 5.11 Å². The Hall–Kier alpha value is -4.40. The minimum atomic E-state index is -0.201. The predicted molar refractivity (Wildman–Crippen MR) is 156 cm³/mol. The smallest absolute Gasteiger partial charge is 0.174 e. The van der Waals surface area contributed by atoms with Crippen LogP contribution in [0.1, 0.15) is 23.5 Å².